The monoisotopic (exact) mass is 440 g/mol. The van der Waals surface area contributed by atoms with Crippen LogP contribution in [0.2, 0.25) is 0 Å². The van der Waals surface area contributed by atoms with Gasteiger partial charge in [0.1, 0.15) is 18.9 Å². The molecule has 0 aliphatic heterocycles. The highest BCUT2D eigenvalue weighted by molar-refractivity contribution is 7.88. The maximum atomic E-state index is 12.8. The van der Waals surface area contributed by atoms with Gasteiger partial charge in [0, 0.05) is 24.9 Å². The number of carbonyl (C=O) groups is 1. The molecule has 0 radical (unpaired) electrons. The van der Waals surface area contributed by atoms with Gasteiger partial charge in [0.05, 0.1) is 11.0 Å². The van der Waals surface area contributed by atoms with E-state index in [1.54, 1.807) is 53.1 Å². The van der Waals surface area contributed by atoms with E-state index < -0.39 is 16.0 Å². The van der Waals surface area contributed by atoms with Crippen molar-refractivity contribution in [1.82, 2.24) is 8.87 Å². The van der Waals surface area contributed by atoms with E-state index in [4.69, 9.17) is 9.15 Å². The number of pyridine rings is 1. The second-order valence-electron chi connectivity index (χ2n) is 7.12. The summed E-state index contributed by atoms with van der Waals surface area (Å²) in [4.78, 5) is 25.4. The van der Waals surface area contributed by atoms with Gasteiger partial charge in [-0.1, -0.05) is 24.3 Å². The van der Waals surface area contributed by atoms with Crippen molar-refractivity contribution in [3.8, 4) is 0 Å². The van der Waals surface area contributed by atoms with Crippen molar-refractivity contribution in [3.05, 3.63) is 76.6 Å². The van der Waals surface area contributed by atoms with Crippen LogP contribution in [0.4, 0.5) is 0 Å². The summed E-state index contributed by atoms with van der Waals surface area (Å²) in [6.07, 6.45) is 0. The fraction of sp³-hybridized carbons (Fsp3) is 0.182. The lowest BCUT2D eigenvalue weighted by Gasteiger charge is -2.14. The summed E-state index contributed by atoms with van der Waals surface area (Å²) in [5.41, 5.74) is 1.15. The molecule has 8 nitrogen and oxygen atoms in total. The van der Waals surface area contributed by atoms with Crippen LogP contribution in [0.3, 0.4) is 0 Å². The molecular formula is C22H20N2O6S. The van der Waals surface area contributed by atoms with Crippen LogP contribution < -0.4 is 5.43 Å². The largest absolute Gasteiger partial charge is 0.456 e. The third kappa shape index (κ3) is 3.85. The lowest BCUT2D eigenvalue weighted by atomic mass is 10.1. The van der Waals surface area contributed by atoms with Crippen molar-refractivity contribution < 1.29 is 22.4 Å². The van der Waals surface area contributed by atoms with E-state index in [9.17, 15) is 18.0 Å². The first-order valence-electron chi connectivity index (χ1n) is 9.46. The molecule has 0 atom stereocenters. The molecule has 0 N–H and O–H groups in total. The van der Waals surface area contributed by atoms with Gasteiger partial charge in [-0.25, -0.2) is 12.7 Å². The lowest BCUT2D eigenvalue weighted by molar-refractivity contribution is -0.146. The van der Waals surface area contributed by atoms with Gasteiger partial charge in [0.25, 0.3) is 10.0 Å². The molecule has 31 heavy (non-hydrogen) atoms. The van der Waals surface area contributed by atoms with Gasteiger partial charge in [-0.2, -0.15) is 0 Å². The maximum absolute atomic E-state index is 12.8. The number of sulfonamides is 1. The Morgan fingerprint density at radius 3 is 2.13 bits per heavy atom. The second-order valence-corrected chi connectivity index (χ2v) is 9.20. The number of rotatable bonds is 6. The van der Waals surface area contributed by atoms with Crippen LogP contribution in [0, 0.1) is 0 Å². The van der Waals surface area contributed by atoms with Gasteiger partial charge in [-0.3, -0.25) is 9.59 Å². The SMILES string of the molecule is CN(C)S(=O)(=O)c1ccc(COC(=O)Cn2c3ccccc3c(=O)c3ccccc32)o1. The highest BCUT2D eigenvalue weighted by atomic mass is 32.2. The van der Waals surface area contributed by atoms with Crippen LogP contribution in [0.25, 0.3) is 21.8 Å². The van der Waals surface area contributed by atoms with E-state index in [1.165, 1.54) is 26.2 Å². The second kappa shape index (κ2) is 8.01. The maximum Gasteiger partial charge on any atom is 0.326 e. The Bertz CT molecular complexity index is 1390. The normalized spacial score (nSPS) is 12.0. The predicted molar refractivity (Wildman–Crippen MR) is 115 cm³/mol. The summed E-state index contributed by atoms with van der Waals surface area (Å²) >= 11 is 0. The highest BCUT2D eigenvalue weighted by Gasteiger charge is 2.22. The summed E-state index contributed by atoms with van der Waals surface area (Å²) in [5.74, 6) is -0.337. The number of para-hydroxylation sites is 2. The van der Waals surface area contributed by atoms with E-state index >= 15 is 0 Å². The zero-order chi connectivity index (χ0) is 22.2. The molecule has 2 aromatic carbocycles. The Morgan fingerprint density at radius 2 is 1.55 bits per heavy atom. The highest BCUT2D eigenvalue weighted by Crippen LogP contribution is 2.20. The molecule has 0 aliphatic rings. The zero-order valence-corrected chi connectivity index (χ0v) is 17.8. The molecule has 9 heteroatoms. The van der Waals surface area contributed by atoms with E-state index in [0.717, 1.165) is 4.31 Å². The molecule has 4 aromatic rings. The lowest BCUT2D eigenvalue weighted by Crippen LogP contribution is -2.21. The minimum Gasteiger partial charge on any atom is -0.456 e. The van der Waals surface area contributed by atoms with E-state index in [2.05, 4.69) is 0 Å². The summed E-state index contributed by atoms with van der Waals surface area (Å²) < 4.78 is 37.6. The number of furan rings is 1. The third-order valence-corrected chi connectivity index (χ3v) is 6.60. The first-order valence-corrected chi connectivity index (χ1v) is 10.9. The average molecular weight is 440 g/mol. The van der Waals surface area contributed by atoms with Gasteiger partial charge >= 0.3 is 5.97 Å². The average Bonchev–Trinajstić information content (AvgIpc) is 3.25. The quantitative estimate of drug-likeness (QED) is 0.338. The zero-order valence-electron chi connectivity index (χ0n) is 16.9. The number of hydrogen-bond acceptors (Lipinski definition) is 6. The molecule has 0 aliphatic carbocycles. The fourth-order valence-electron chi connectivity index (χ4n) is 3.33. The first kappa shape index (κ1) is 20.8. The number of ether oxygens (including phenoxy) is 1. The molecule has 0 fully saturated rings. The number of hydrogen-bond donors (Lipinski definition) is 0. The smallest absolute Gasteiger partial charge is 0.326 e. The van der Waals surface area contributed by atoms with Crippen LogP contribution in [0.5, 0.6) is 0 Å². The molecule has 2 aromatic heterocycles. The number of esters is 1. The van der Waals surface area contributed by atoms with Crippen LogP contribution >= 0.6 is 0 Å². The molecule has 4 rings (SSSR count). The molecule has 0 spiro atoms. The van der Waals surface area contributed by atoms with Crippen LogP contribution in [0.1, 0.15) is 5.76 Å². The first-order chi connectivity index (χ1) is 14.8. The van der Waals surface area contributed by atoms with Crippen LogP contribution in [0.15, 0.2) is 75.0 Å². The molecule has 160 valence electrons. The van der Waals surface area contributed by atoms with Crippen molar-refractivity contribution in [2.45, 2.75) is 18.2 Å². The number of carbonyl (C=O) groups excluding carboxylic acids is 1. The van der Waals surface area contributed by atoms with Gasteiger partial charge in [0.2, 0.25) is 5.09 Å². The van der Waals surface area contributed by atoms with Crippen molar-refractivity contribution in [2.75, 3.05) is 14.1 Å². The fourth-order valence-corrected chi connectivity index (χ4v) is 4.14. The summed E-state index contributed by atoms with van der Waals surface area (Å²) in [7, 11) is -0.905. The summed E-state index contributed by atoms with van der Waals surface area (Å²) in [5, 5.41) is 0.804. The molecule has 0 saturated carbocycles. The van der Waals surface area contributed by atoms with E-state index in [0.29, 0.717) is 21.8 Å². The molecule has 0 amide bonds. The number of benzene rings is 2. The molecular weight excluding hydrogens is 420 g/mol. The Hall–Kier alpha value is -3.43. The van der Waals surface area contributed by atoms with Gasteiger partial charge in [0.15, 0.2) is 5.43 Å². The molecule has 0 unspecified atom stereocenters. The summed E-state index contributed by atoms with van der Waals surface area (Å²) in [6.45, 7) is -0.331. The van der Waals surface area contributed by atoms with E-state index in [-0.39, 0.29) is 29.4 Å². The van der Waals surface area contributed by atoms with Gasteiger partial charge in [-0.15, -0.1) is 0 Å². The topological polar surface area (TPSA) is 98.8 Å². The van der Waals surface area contributed by atoms with Gasteiger partial charge in [-0.05, 0) is 36.4 Å². The van der Waals surface area contributed by atoms with Gasteiger partial charge < -0.3 is 13.7 Å². The number of fused-ring (bicyclic) bond motifs is 2. The van der Waals surface area contributed by atoms with E-state index in [1.807, 2.05) is 0 Å². The Kier molecular flexibility index (Phi) is 5.38. The number of aromatic nitrogens is 1. The van der Waals surface area contributed by atoms with Crippen molar-refractivity contribution in [1.29, 1.82) is 0 Å². The molecule has 0 saturated heterocycles. The molecule has 2 heterocycles. The standard InChI is InChI=1S/C22H20N2O6S/c1-23(2)31(27,28)21-12-11-15(30-21)14-29-20(25)13-24-18-9-5-3-7-16(18)22(26)17-8-4-6-10-19(17)24/h3-12H,13-14H2,1-2H3. The predicted octanol–water partition coefficient (Wildman–Crippen LogP) is 2.74. The summed E-state index contributed by atoms with van der Waals surface area (Å²) in [6, 6.07) is 16.9. The van der Waals surface area contributed by atoms with Crippen molar-refractivity contribution in [2.24, 2.45) is 0 Å². The minimum absolute atomic E-state index is 0.0963. The number of nitrogens with zero attached hydrogens (tertiary/aromatic N) is 2. The van der Waals surface area contributed by atoms with Crippen molar-refractivity contribution in [3.63, 3.8) is 0 Å². The van der Waals surface area contributed by atoms with Crippen LogP contribution in [-0.4, -0.2) is 37.4 Å². The Morgan fingerprint density at radius 1 is 0.968 bits per heavy atom. The third-order valence-electron chi connectivity index (χ3n) is 4.91. The van der Waals surface area contributed by atoms with Crippen LogP contribution in [-0.2, 0) is 32.7 Å². The molecule has 0 bridgehead atoms. The Labute approximate surface area is 178 Å². The van der Waals surface area contributed by atoms with Crippen molar-refractivity contribution >= 4 is 37.8 Å². The Balaban J connectivity index is 1.59. The minimum atomic E-state index is -3.70.